The topological polar surface area (TPSA) is 114 Å². The van der Waals surface area contributed by atoms with Crippen LogP contribution in [0.25, 0.3) is 0 Å². The molecule has 2 aromatic rings. The number of ether oxygens (including phenoxy) is 1. The summed E-state index contributed by atoms with van der Waals surface area (Å²) in [5, 5.41) is 8.71. The van der Waals surface area contributed by atoms with Crippen molar-refractivity contribution in [3.8, 4) is 0 Å². The molecule has 9 heteroatoms. The van der Waals surface area contributed by atoms with E-state index >= 15 is 0 Å². The third-order valence-corrected chi connectivity index (χ3v) is 4.29. The number of hydrogen-bond acceptors (Lipinski definition) is 6. The minimum atomic E-state index is -4.04. The first-order chi connectivity index (χ1) is 10.8. The Morgan fingerprint density at radius 3 is 2.61 bits per heavy atom. The zero-order valence-corrected chi connectivity index (χ0v) is 13.6. The Labute approximate surface area is 134 Å². The third-order valence-electron chi connectivity index (χ3n) is 3.08. The van der Waals surface area contributed by atoms with E-state index < -0.39 is 21.3 Å². The Morgan fingerprint density at radius 1 is 1.30 bits per heavy atom. The van der Waals surface area contributed by atoms with E-state index in [4.69, 9.17) is 4.74 Å². The molecule has 1 amide bonds. The second-order valence-corrected chi connectivity index (χ2v) is 7.23. The van der Waals surface area contributed by atoms with Gasteiger partial charge in [0.1, 0.15) is 0 Å². The fourth-order valence-electron chi connectivity index (χ4n) is 1.70. The molecule has 0 aliphatic carbocycles. The lowest BCUT2D eigenvalue weighted by molar-refractivity contribution is -0.130. The molecule has 0 fully saturated rings. The van der Waals surface area contributed by atoms with Crippen LogP contribution in [0.15, 0.2) is 41.6 Å². The molecule has 0 spiro atoms. The van der Waals surface area contributed by atoms with Crippen LogP contribution in [0.2, 0.25) is 0 Å². The minimum Gasteiger partial charge on any atom is -0.376 e. The number of aromatic amines is 1. The van der Waals surface area contributed by atoms with Gasteiger partial charge in [0.2, 0.25) is 10.9 Å². The van der Waals surface area contributed by atoms with Crippen LogP contribution in [0.4, 0.5) is 0 Å². The highest BCUT2D eigenvalue weighted by atomic mass is 32.2. The molecular weight excluding hydrogens is 320 g/mol. The summed E-state index contributed by atoms with van der Waals surface area (Å²) in [7, 11) is -4.04. The van der Waals surface area contributed by atoms with Gasteiger partial charge < -0.3 is 4.74 Å². The average molecular weight is 338 g/mol. The van der Waals surface area contributed by atoms with Crippen molar-refractivity contribution in [1.82, 2.24) is 20.1 Å². The lowest BCUT2D eigenvalue weighted by Crippen LogP contribution is -2.43. The SMILES string of the molecule is CC(C)(COCc1ccccc1)C(=O)NS(=O)(=O)c1cn[nH]n1. The molecule has 0 atom stereocenters. The number of sulfonamides is 1. The molecule has 8 nitrogen and oxygen atoms in total. The Morgan fingerprint density at radius 2 is 2.00 bits per heavy atom. The highest BCUT2D eigenvalue weighted by molar-refractivity contribution is 7.90. The van der Waals surface area contributed by atoms with Gasteiger partial charge in [0.25, 0.3) is 10.0 Å². The van der Waals surface area contributed by atoms with Crippen molar-refractivity contribution in [2.75, 3.05) is 6.61 Å². The average Bonchev–Trinajstić information content (AvgIpc) is 3.03. The molecule has 1 aromatic carbocycles. The highest BCUT2D eigenvalue weighted by Gasteiger charge is 2.32. The number of carbonyl (C=O) groups excluding carboxylic acids is 1. The zero-order chi connectivity index (χ0) is 16.9. The molecule has 1 heterocycles. The van der Waals surface area contributed by atoms with Gasteiger partial charge >= 0.3 is 0 Å². The van der Waals surface area contributed by atoms with E-state index in [2.05, 4.69) is 15.4 Å². The van der Waals surface area contributed by atoms with Crippen molar-refractivity contribution in [2.45, 2.75) is 25.5 Å². The van der Waals surface area contributed by atoms with Gasteiger partial charge in [-0.25, -0.2) is 4.72 Å². The van der Waals surface area contributed by atoms with Gasteiger partial charge in [-0.05, 0) is 19.4 Å². The molecule has 0 aliphatic rings. The van der Waals surface area contributed by atoms with Crippen LogP contribution in [0.3, 0.4) is 0 Å². The summed E-state index contributed by atoms with van der Waals surface area (Å²) in [5.74, 6) is -0.673. The number of benzene rings is 1. The number of amides is 1. The summed E-state index contributed by atoms with van der Waals surface area (Å²) in [6.45, 7) is 3.62. The molecule has 2 rings (SSSR count). The summed E-state index contributed by atoms with van der Waals surface area (Å²) in [5.41, 5.74) is -0.0510. The van der Waals surface area contributed by atoms with Gasteiger partial charge in [-0.15, -0.1) is 5.10 Å². The number of nitrogens with one attached hydrogen (secondary N) is 2. The minimum absolute atomic E-state index is 0.0715. The highest BCUT2D eigenvalue weighted by Crippen LogP contribution is 2.18. The van der Waals surface area contributed by atoms with E-state index in [1.807, 2.05) is 35.1 Å². The number of hydrogen-bond donors (Lipinski definition) is 2. The maximum Gasteiger partial charge on any atom is 0.285 e. The second kappa shape index (κ2) is 6.88. The maximum atomic E-state index is 12.2. The normalized spacial score (nSPS) is 12.1. The largest absolute Gasteiger partial charge is 0.376 e. The molecule has 0 bridgehead atoms. The molecule has 1 aromatic heterocycles. The van der Waals surface area contributed by atoms with Crippen LogP contribution in [-0.4, -0.2) is 36.3 Å². The van der Waals surface area contributed by atoms with Crippen LogP contribution < -0.4 is 4.72 Å². The third kappa shape index (κ3) is 4.60. The van der Waals surface area contributed by atoms with Crippen LogP contribution >= 0.6 is 0 Å². The summed E-state index contributed by atoms with van der Waals surface area (Å²) < 4.78 is 31.4. The first-order valence-corrected chi connectivity index (χ1v) is 8.34. The fraction of sp³-hybridized carbons (Fsp3) is 0.357. The lowest BCUT2D eigenvalue weighted by atomic mass is 9.94. The fourth-order valence-corrected chi connectivity index (χ4v) is 2.67. The van der Waals surface area contributed by atoms with Crippen molar-refractivity contribution in [1.29, 1.82) is 0 Å². The van der Waals surface area contributed by atoms with Crippen LogP contribution in [0, 0.1) is 5.41 Å². The Hall–Kier alpha value is -2.26. The van der Waals surface area contributed by atoms with Crippen molar-refractivity contribution in [3.05, 3.63) is 42.1 Å². The van der Waals surface area contributed by atoms with Gasteiger partial charge in [-0.1, -0.05) is 30.3 Å². The monoisotopic (exact) mass is 338 g/mol. The van der Waals surface area contributed by atoms with E-state index in [0.717, 1.165) is 11.8 Å². The van der Waals surface area contributed by atoms with E-state index in [1.54, 1.807) is 13.8 Å². The van der Waals surface area contributed by atoms with Crippen molar-refractivity contribution >= 4 is 15.9 Å². The molecule has 0 saturated heterocycles. The number of aromatic nitrogens is 3. The summed E-state index contributed by atoms with van der Waals surface area (Å²) in [6, 6.07) is 9.49. The number of rotatable bonds is 7. The summed E-state index contributed by atoms with van der Waals surface area (Å²) >= 11 is 0. The summed E-state index contributed by atoms with van der Waals surface area (Å²) in [4.78, 5) is 12.2. The molecule has 0 unspecified atom stereocenters. The molecule has 0 saturated carbocycles. The molecule has 124 valence electrons. The maximum absolute atomic E-state index is 12.2. The second-order valence-electron chi connectivity index (χ2n) is 5.61. The predicted octanol–water partition coefficient (Wildman–Crippen LogP) is 0.853. The first kappa shape index (κ1) is 17.1. The Bertz CT molecular complexity index is 742. The number of carbonyl (C=O) groups is 1. The van der Waals surface area contributed by atoms with E-state index in [-0.39, 0.29) is 11.6 Å². The predicted molar refractivity (Wildman–Crippen MR) is 81.6 cm³/mol. The Kier molecular flexibility index (Phi) is 5.12. The van der Waals surface area contributed by atoms with Gasteiger partial charge in [-0.2, -0.15) is 18.7 Å². The summed E-state index contributed by atoms with van der Waals surface area (Å²) in [6.07, 6.45) is 1.02. The zero-order valence-electron chi connectivity index (χ0n) is 12.8. The van der Waals surface area contributed by atoms with E-state index in [9.17, 15) is 13.2 Å². The lowest BCUT2D eigenvalue weighted by Gasteiger charge is -2.22. The quantitative estimate of drug-likeness (QED) is 0.774. The molecule has 2 N–H and O–H groups in total. The molecule has 23 heavy (non-hydrogen) atoms. The van der Waals surface area contributed by atoms with Crippen molar-refractivity contribution in [3.63, 3.8) is 0 Å². The van der Waals surface area contributed by atoms with Crippen LogP contribution in [0.5, 0.6) is 0 Å². The van der Waals surface area contributed by atoms with Crippen molar-refractivity contribution < 1.29 is 17.9 Å². The molecular formula is C14H18N4O4S. The molecule has 0 radical (unpaired) electrons. The van der Waals surface area contributed by atoms with Gasteiger partial charge in [-0.3, -0.25) is 4.79 Å². The van der Waals surface area contributed by atoms with Crippen LogP contribution in [-0.2, 0) is 26.2 Å². The Balaban J connectivity index is 1.92. The van der Waals surface area contributed by atoms with Crippen molar-refractivity contribution in [2.24, 2.45) is 5.41 Å². The van der Waals surface area contributed by atoms with E-state index in [0.29, 0.717) is 6.61 Å². The number of H-pyrrole nitrogens is 1. The smallest absolute Gasteiger partial charge is 0.285 e. The first-order valence-electron chi connectivity index (χ1n) is 6.86. The standard InChI is InChI=1S/C14H18N4O4S/c1-14(2,10-22-9-11-6-4-3-5-7-11)13(19)17-23(20,21)12-8-15-18-16-12/h3-8H,9-10H2,1-2H3,(H,17,19)(H,15,16,18). The molecule has 0 aliphatic heterocycles. The van der Waals surface area contributed by atoms with Crippen LogP contribution in [0.1, 0.15) is 19.4 Å². The van der Waals surface area contributed by atoms with Gasteiger partial charge in [0, 0.05) is 0 Å². The van der Waals surface area contributed by atoms with Gasteiger partial charge in [0.05, 0.1) is 24.8 Å². The van der Waals surface area contributed by atoms with Gasteiger partial charge in [0.15, 0.2) is 0 Å². The number of nitrogens with zero attached hydrogens (tertiary/aromatic N) is 2. The van der Waals surface area contributed by atoms with E-state index in [1.165, 1.54) is 0 Å².